The summed E-state index contributed by atoms with van der Waals surface area (Å²) in [7, 11) is -0.514. The lowest BCUT2D eigenvalue weighted by atomic mass is 9.80. The normalized spacial score (nSPS) is 19.1. The van der Waals surface area contributed by atoms with Gasteiger partial charge >= 0.3 is 7.12 Å². The van der Waals surface area contributed by atoms with Gasteiger partial charge in [-0.1, -0.05) is 6.07 Å². The molecule has 6 heteroatoms. The fourth-order valence-electron chi connectivity index (χ4n) is 2.38. The molecule has 0 saturated carbocycles. The fourth-order valence-corrected chi connectivity index (χ4v) is 2.38. The van der Waals surface area contributed by atoms with Gasteiger partial charge in [0.1, 0.15) is 11.6 Å². The summed E-state index contributed by atoms with van der Waals surface area (Å²) in [5, 5.41) is 0. The Morgan fingerprint density at radius 3 is 2.13 bits per heavy atom. The first kappa shape index (κ1) is 16.1. The number of hydrogen-bond donors (Lipinski definition) is 0. The topological polar surface area (TPSA) is 31.4 Å². The number of aromatic nitrogens is 1. The molecule has 0 bridgehead atoms. The second-order valence-electron chi connectivity index (χ2n) is 6.69. The van der Waals surface area contributed by atoms with Crippen molar-refractivity contribution in [1.82, 2.24) is 4.98 Å². The van der Waals surface area contributed by atoms with Gasteiger partial charge in [0.15, 0.2) is 0 Å². The molecule has 0 aliphatic carbocycles. The molecule has 1 fully saturated rings. The van der Waals surface area contributed by atoms with Crippen molar-refractivity contribution in [1.29, 1.82) is 0 Å². The summed E-state index contributed by atoms with van der Waals surface area (Å²) in [6.45, 7) is 7.90. The van der Waals surface area contributed by atoms with Crippen LogP contribution in [0.5, 0.6) is 0 Å². The molecule has 0 spiro atoms. The van der Waals surface area contributed by atoms with Crippen LogP contribution in [0.3, 0.4) is 0 Å². The molecule has 1 aromatic carbocycles. The summed E-state index contributed by atoms with van der Waals surface area (Å²) in [6, 6.07) is 6.90. The van der Waals surface area contributed by atoms with Gasteiger partial charge in [-0.05, 0) is 45.9 Å². The van der Waals surface area contributed by atoms with Crippen LogP contribution < -0.4 is 5.46 Å². The predicted molar refractivity (Wildman–Crippen MR) is 85.3 cm³/mol. The molecular weight excluding hydrogens is 299 g/mol. The highest BCUT2D eigenvalue weighted by molar-refractivity contribution is 6.62. The molecule has 1 aliphatic rings. The fraction of sp³-hybridized carbons (Fsp3) is 0.353. The summed E-state index contributed by atoms with van der Waals surface area (Å²) in [6.07, 6.45) is 1.60. The van der Waals surface area contributed by atoms with Crippen LogP contribution in [0.25, 0.3) is 11.3 Å². The minimum Gasteiger partial charge on any atom is -0.399 e. The van der Waals surface area contributed by atoms with E-state index in [1.165, 1.54) is 12.1 Å². The lowest BCUT2D eigenvalue weighted by molar-refractivity contribution is 0.00578. The van der Waals surface area contributed by atoms with Crippen LogP contribution >= 0.6 is 0 Å². The molecular formula is C17H18BF2NO2. The third kappa shape index (κ3) is 2.89. The summed E-state index contributed by atoms with van der Waals surface area (Å²) < 4.78 is 38.7. The highest BCUT2D eigenvalue weighted by Crippen LogP contribution is 2.36. The van der Waals surface area contributed by atoms with Gasteiger partial charge in [-0.25, -0.2) is 8.78 Å². The highest BCUT2D eigenvalue weighted by Gasteiger charge is 2.51. The summed E-state index contributed by atoms with van der Waals surface area (Å²) in [5.41, 5.74) is 0.586. The molecule has 0 radical (unpaired) electrons. The van der Waals surface area contributed by atoms with Crippen LogP contribution in [-0.2, 0) is 9.31 Å². The molecule has 0 N–H and O–H groups in total. The van der Waals surface area contributed by atoms with Crippen LogP contribution in [0.1, 0.15) is 27.7 Å². The van der Waals surface area contributed by atoms with Gasteiger partial charge in [0.05, 0.1) is 16.9 Å². The number of hydrogen-bond acceptors (Lipinski definition) is 3. The Hall–Kier alpha value is -1.79. The van der Waals surface area contributed by atoms with Gasteiger partial charge in [0, 0.05) is 23.3 Å². The molecule has 0 atom stereocenters. The van der Waals surface area contributed by atoms with Gasteiger partial charge in [0.2, 0.25) is 0 Å². The monoisotopic (exact) mass is 317 g/mol. The van der Waals surface area contributed by atoms with Crippen molar-refractivity contribution < 1.29 is 18.1 Å². The minimum atomic E-state index is -0.638. The first-order chi connectivity index (χ1) is 10.7. The summed E-state index contributed by atoms with van der Waals surface area (Å²) in [4.78, 5) is 4.26. The van der Waals surface area contributed by atoms with E-state index in [1.54, 1.807) is 18.3 Å². The van der Waals surface area contributed by atoms with E-state index >= 15 is 0 Å². The smallest absolute Gasteiger partial charge is 0.399 e. The van der Waals surface area contributed by atoms with Gasteiger partial charge < -0.3 is 9.31 Å². The van der Waals surface area contributed by atoms with Crippen LogP contribution in [0.15, 0.2) is 36.5 Å². The standard InChI is InChI=1S/C17H18BF2NO2/c1-16(2)17(3,4)23-18(22-16)11-5-8-15(21-10-11)13-7-6-12(19)9-14(13)20/h5-10H,1-4H3. The Labute approximate surface area is 134 Å². The zero-order chi connectivity index (χ0) is 16.8. The molecule has 23 heavy (non-hydrogen) atoms. The van der Waals surface area contributed by atoms with E-state index in [9.17, 15) is 8.78 Å². The Bertz CT molecular complexity index is 716. The molecule has 2 heterocycles. The van der Waals surface area contributed by atoms with Crippen molar-refractivity contribution in [3.8, 4) is 11.3 Å². The average molecular weight is 317 g/mol. The van der Waals surface area contributed by atoms with Crippen molar-refractivity contribution >= 4 is 12.6 Å². The van der Waals surface area contributed by atoms with E-state index in [0.29, 0.717) is 5.69 Å². The summed E-state index contributed by atoms with van der Waals surface area (Å²) in [5.74, 6) is -1.25. The van der Waals surface area contributed by atoms with E-state index in [-0.39, 0.29) is 5.56 Å². The maximum absolute atomic E-state index is 13.8. The molecule has 0 amide bonds. The molecule has 0 unspecified atom stereocenters. The number of rotatable bonds is 2. The van der Waals surface area contributed by atoms with E-state index in [2.05, 4.69) is 4.98 Å². The van der Waals surface area contributed by atoms with E-state index in [4.69, 9.17) is 9.31 Å². The van der Waals surface area contributed by atoms with Crippen molar-refractivity contribution in [2.75, 3.05) is 0 Å². The first-order valence-corrected chi connectivity index (χ1v) is 7.47. The molecule has 1 saturated heterocycles. The highest BCUT2D eigenvalue weighted by atomic mass is 19.1. The first-order valence-electron chi connectivity index (χ1n) is 7.47. The number of benzene rings is 1. The van der Waals surface area contributed by atoms with Crippen LogP contribution in [0.4, 0.5) is 8.78 Å². The van der Waals surface area contributed by atoms with Crippen molar-refractivity contribution in [2.24, 2.45) is 0 Å². The van der Waals surface area contributed by atoms with Crippen LogP contribution in [0.2, 0.25) is 0 Å². The van der Waals surface area contributed by atoms with E-state index in [0.717, 1.165) is 11.5 Å². The Kier molecular flexibility index (Phi) is 3.77. The molecule has 1 aliphatic heterocycles. The predicted octanol–water partition coefficient (Wildman–Crippen LogP) is 3.33. The minimum absolute atomic E-state index is 0.256. The Balaban J connectivity index is 1.86. The van der Waals surface area contributed by atoms with Crippen LogP contribution in [0, 0.1) is 11.6 Å². The molecule has 1 aromatic heterocycles. The quantitative estimate of drug-likeness (QED) is 0.796. The number of halogens is 2. The third-order valence-electron chi connectivity index (χ3n) is 4.52. The van der Waals surface area contributed by atoms with Gasteiger partial charge in [0.25, 0.3) is 0 Å². The maximum atomic E-state index is 13.8. The lowest BCUT2D eigenvalue weighted by Crippen LogP contribution is -2.41. The largest absolute Gasteiger partial charge is 0.496 e. The maximum Gasteiger partial charge on any atom is 0.496 e. The second-order valence-corrected chi connectivity index (χ2v) is 6.69. The van der Waals surface area contributed by atoms with Gasteiger partial charge in [-0.3, -0.25) is 4.98 Å². The third-order valence-corrected chi connectivity index (χ3v) is 4.52. The molecule has 2 aromatic rings. The van der Waals surface area contributed by atoms with Crippen molar-refractivity contribution in [3.05, 3.63) is 48.2 Å². The average Bonchev–Trinajstić information content (AvgIpc) is 2.68. The number of nitrogens with zero attached hydrogens (tertiary/aromatic N) is 1. The van der Waals surface area contributed by atoms with Gasteiger partial charge in [-0.2, -0.15) is 0 Å². The van der Waals surface area contributed by atoms with Gasteiger partial charge in [-0.15, -0.1) is 0 Å². The second kappa shape index (κ2) is 5.39. The molecule has 120 valence electrons. The zero-order valence-electron chi connectivity index (χ0n) is 13.6. The van der Waals surface area contributed by atoms with Crippen molar-refractivity contribution in [3.63, 3.8) is 0 Å². The molecule has 3 rings (SSSR count). The van der Waals surface area contributed by atoms with Crippen molar-refractivity contribution in [2.45, 2.75) is 38.9 Å². The van der Waals surface area contributed by atoms with E-state index < -0.39 is 30.0 Å². The molecule has 3 nitrogen and oxygen atoms in total. The zero-order valence-corrected chi connectivity index (χ0v) is 13.6. The SMILES string of the molecule is CC1(C)OB(c2ccc(-c3ccc(F)cc3F)nc2)OC1(C)C. The lowest BCUT2D eigenvalue weighted by Gasteiger charge is -2.32. The Morgan fingerprint density at radius 1 is 0.957 bits per heavy atom. The summed E-state index contributed by atoms with van der Waals surface area (Å²) >= 11 is 0. The van der Waals surface area contributed by atoms with Crippen LogP contribution in [-0.4, -0.2) is 23.3 Å². The van der Waals surface area contributed by atoms with E-state index in [1.807, 2.05) is 27.7 Å². The Morgan fingerprint density at radius 2 is 1.61 bits per heavy atom. The number of pyridine rings is 1.